The molecule has 1 saturated carbocycles. The van der Waals surface area contributed by atoms with Crippen LogP contribution in [0.5, 0.6) is 5.75 Å². The lowest BCUT2D eigenvalue weighted by Gasteiger charge is -2.15. The van der Waals surface area contributed by atoms with Crippen molar-refractivity contribution in [3.05, 3.63) is 17.7 Å². The van der Waals surface area contributed by atoms with Crippen molar-refractivity contribution in [3.8, 4) is 5.75 Å². The number of esters is 1. The summed E-state index contributed by atoms with van der Waals surface area (Å²) in [6.45, 7) is 6.17. The highest BCUT2D eigenvalue weighted by atomic mass is 32.1. The van der Waals surface area contributed by atoms with E-state index in [4.69, 9.17) is 14.5 Å². The number of rotatable bonds is 4. The van der Waals surface area contributed by atoms with Crippen molar-refractivity contribution in [3.63, 3.8) is 0 Å². The van der Waals surface area contributed by atoms with E-state index in [1.54, 1.807) is 17.4 Å². The van der Waals surface area contributed by atoms with E-state index in [9.17, 15) is 4.79 Å². The number of methoxy groups -OCH3 is 1. The van der Waals surface area contributed by atoms with Gasteiger partial charge in [-0.25, -0.2) is 9.78 Å². The van der Waals surface area contributed by atoms with Gasteiger partial charge in [0.2, 0.25) is 0 Å². The van der Waals surface area contributed by atoms with Gasteiger partial charge in [0.05, 0.1) is 23.5 Å². The van der Waals surface area contributed by atoms with Crippen LogP contribution in [0.1, 0.15) is 43.5 Å². The van der Waals surface area contributed by atoms with Crippen LogP contribution in [0.25, 0.3) is 10.2 Å². The molecule has 0 amide bonds. The third-order valence-corrected chi connectivity index (χ3v) is 6.29. The molecule has 1 aromatic heterocycles. The maximum Gasteiger partial charge on any atom is 0.338 e. The van der Waals surface area contributed by atoms with Crippen molar-refractivity contribution in [2.24, 2.45) is 11.8 Å². The van der Waals surface area contributed by atoms with Crippen molar-refractivity contribution in [1.82, 2.24) is 4.98 Å². The summed E-state index contributed by atoms with van der Waals surface area (Å²) in [7, 11) is 1.40. The molecule has 0 N–H and O–H groups in total. The first-order chi connectivity index (χ1) is 12.0. The number of aromatic nitrogens is 1. The fraction of sp³-hybridized carbons (Fsp3) is 0.579. The Morgan fingerprint density at radius 3 is 2.64 bits per heavy atom. The predicted molar refractivity (Wildman–Crippen MR) is 99.8 cm³/mol. The minimum absolute atomic E-state index is 0.0207. The summed E-state index contributed by atoms with van der Waals surface area (Å²) in [4.78, 5) is 19.3. The number of ether oxygens (including phenoxy) is 2. The number of benzene rings is 1. The summed E-state index contributed by atoms with van der Waals surface area (Å²) in [6, 6.07) is 3.61. The molecule has 134 valence electrons. The van der Waals surface area contributed by atoms with Gasteiger partial charge >= 0.3 is 5.97 Å². The van der Waals surface area contributed by atoms with Gasteiger partial charge in [-0.2, -0.15) is 0 Å². The van der Waals surface area contributed by atoms with Crippen molar-refractivity contribution in [2.75, 3.05) is 25.1 Å². The molecule has 5 nitrogen and oxygen atoms in total. The van der Waals surface area contributed by atoms with Crippen LogP contribution in [0.15, 0.2) is 12.1 Å². The Morgan fingerprint density at radius 2 is 2.00 bits per heavy atom. The van der Waals surface area contributed by atoms with Gasteiger partial charge in [0.25, 0.3) is 0 Å². The molecule has 4 rings (SSSR count). The standard InChI is InChI=1S/C19H24N2O3S/c1-11(2)24-15-7-14(18(22)23-3)8-16-17(15)20-19(25-16)21-9-12-5-4-6-13(12)10-21/h7-8,11-13H,4-6,9-10H2,1-3H3/t12-,13+. The predicted octanol–water partition coefficient (Wildman–Crippen LogP) is 4.11. The van der Waals surface area contributed by atoms with Crippen LogP contribution in [0.3, 0.4) is 0 Å². The first-order valence-corrected chi connectivity index (χ1v) is 9.81. The van der Waals surface area contributed by atoms with E-state index < -0.39 is 0 Å². The van der Waals surface area contributed by atoms with Crippen molar-refractivity contribution in [1.29, 1.82) is 0 Å². The molecule has 0 spiro atoms. The number of thiazole rings is 1. The van der Waals surface area contributed by atoms with E-state index in [1.165, 1.54) is 26.4 Å². The monoisotopic (exact) mass is 360 g/mol. The third-order valence-electron chi connectivity index (χ3n) is 5.23. The van der Waals surface area contributed by atoms with E-state index in [-0.39, 0.29) is 12.1 Å². The Hall–Kier alpha value is -1.82. The number of carbonyl (C=O) groups is 1. The van der Waals surface area contributed by atoms with Crippen LogP contribution >= 0.6 is 11.3 Å². The van der Waals surface area contributed by atoms with Gasteiger partial charge in [0, 0.05) is 13.1 Å². The van der Waals surface area contributed by atoms with Crippen LogP contribution in [0.4, 0.5) is 5.13 Å². The summed E-state index contributed by atoms with van der Waals surface area (Å²) < 4.78 is 11.8. The summed E-state index contributed by atoms with van der Waals surface area (Å²) in [5.74, 6) is 1.96. The molecule has 2 atom stereocenters. The first-order valence-electron chi connectivity index (χ1n) is 8.99. The Balaban J connectivity index is 1.72. The summed E-state index contributed by atoms with van der Waals surface area (Å²) in [5, 5.41) is 1.04. The number of anilines is 1. The van der Waals surface area contributed by atoms with E-state index in [1.807, 2.05) is 19.9 Å². The van der Waals surface area contributed by atoms with Crippen LogP contribution in [-0.4, -0.2) is 37.3 Å². The normalized spacial score (nSPS) is 22.6. The largest absolute Gasteiger partial charge is 0.489 e. The highest BCUT2D eigenvalue weighted by Gasteiger charge is 2.37. The van der Waals surface area contributed by atoms with E-state index in [0.29, 0.717) is 11.3 Å². The van der Waals surface area contributed by atoms with Crippen molar-refractivity contribution < 1.29 is 14.3 Å². The van der Waals surface area contributed by atoms with E-state index in [0.717, 1.165) is 40.3 Å². The lowest BCUT2D eigenvalue weighted by Crippen LogP contribution is -2.20. The third kappa shape index (κ3) is 3.08. The molecule has 0 radical (unpaired) electrons. The van der Waals surface area contributed by atoms with Gasteiger partial charge in [0.1, 0.15) is 11.3 Å². The topological polar surface area (TPSA) is 51.7 Å². The molecular weight excluding hydrogens is 336 g/mol. The molecule has 1 aliphatic carbocycles. The number of nitrogens with zero attached hydrogens (tertiary/aromatic N) is 2. The fourth-order valence-electron chi connectivity index (χ4n) is 4.09. The molecular formula is C19H24N2O3S. The maximum absolute atomic E-state index is 12.0. The summed E-state index contributed by atoms with van der Waals surface area (Å²) in [5.41, 5.74) is 1.36. The highest BCUT2D eigenvalue weighted by molar-refractivity contribution is 7.22. The Labute approximate surface area is 151 Å². The van der Waals surface area contributed by atoms with Crippen molar-refractivity contribution in [2.45, 2.75) is 39.2 Å². The Morgan fingerprint density at radius 1 is 1.28 bits per heavy atom. The maximum atomic E-state index is 12.0. The molecule has 25 heavy (non-hydrogen) atoms. The van der Waals surface area contributed by atoms with E-state index >= 15 is 0 Å². The van der Waals surface area contributed by atoms with Crippen LogP contribution < -0.4 is 9.64 Å². The average Bonchev–Trinajstić information content (AvgIpc) is 3.26. The van der Waals surface area contributed by atoms with Gasteiger partial charge in [-0.1, -0.05) is 17.8 Å². The van der Waals surface area contributed by atoms with Crippen LogP contribution in [-0.2, 0) is 4.74 Å². The molecule has 6 heteroatoms. The van der Waals surface area contributed by atoms with Gasteiger partial charge in [-0.3, -0.25) is 0 Å². The van der Waals surface area contributed by atoms with E-state index in [2.05, 4.69) is 4.90 Å². The second kappa shape index (κ2) is 6.48. The molecule has 1 aliphatic heterocycles. The number of hydrogen-bond donors (Lipinski definition) is 0. The molecule has 0 unspecified atom stereocenters. The van der Waals surface area contributed by atoms with Crippen molar-refractivity contribution >= 4 is 32.7 Å². The minimum atomic E-state index is -0.346. The fourth-order valence-corrected chi connectivity index (χ4v) is 5.13. The Kier molecular flexibility index (Phi) is 4.31. The zero-order valence-electron chi connectivity index (χ0n) is 14.9. The second-order valence-electron chi connectivity index (χ2n) is 7.33. The molecule has 2 fully saturated rings. The lowest BCUT2D eigenvalue weighted by atomic mass is 10.0. The summed E-state index contributed by atoms with van der Waals surface area (Å²) >= 11 is 1.64. The minimum Gasteiger partial charge on any atom is -0.489 e. The SMILES string of the molecule is COC(=O)c1cc(OC(C)C)c2nc(N3C[C@H]4CCC[C@H]4C3)sc2c1. The van der Waals surface area contributed by atoms with Crippen LogP contribution in [0, 0.1) is 11.8 Å². The van der Waals surface area contributed by atoms with Gasteiger partial charge in [-0.15, -0.1) is 0 Å². The lowest BCUT2D eigenvalue weighted by molar-refractivity contribution is 0.0600. The van der Waals surface area contributed by atoms with Crippen LogP contribution in [0.2, 0.25) is 0 Å². The highest BCUT2D eigenvalue weighted by Crippen LogP contribution is 2.42. The quantitative estimate of drug-likeness (QED) is 0.768. The number of fused-ring (bicyclic) bond motifs is 2. The molecule has 2 aliphatic rings. The molecule has 1 saturated heterocycles. The zero-order chi connectivity index (χ0) is 17.6. The molecule has 0 bridgehead atoms. The average molecular weight is 360 g/mol. The Bertz CT molecular complexity index is 789. The smallest absolute Gasteiger partial charge is 0.338 e. The zero-order valence-corrected chi connectivity index (χ0v) is 15.8. The number of hydrogen-bond acceptors (Lipinski definition) is 6. The molecule has 1 aromatic carbocycles. The van der Waals surface area contributed by atoms with Gasteiger partial charge in [0.15, 0.2) is 5.13 Å². The molecule has 2 heterocycles. The van der Waals surface area contributed by atoms with Gasteiger partial charge < -0.3 is 14.4 Å². The number of carbonyl (C=O) groups excluding carboxylic acids is 1. The second-order valence-corrected chi connectivity index (χ2v) is 8.34. The van der Waals surface area contributed by atoms with Gasteiger partial charge in [-0.05, 0) is 50.7 Å². The first kappa shape index (κ1) is 16.6. The molecule has 2 aromatic rings. The summed E-state index contributed by atoms with van der Waals surface area (Å²) in [6.07, 6.45) is 4.09.